The van der Waals surface area contributed by atoms with Crippen LogP contribution in [0.4, 0.5) is 10.1 Å². The van der Waals surface area contributed by atoms with Gasteiger partial charge in [-0.05, 0) is 42.0 Å². The molecular formula is C14H15FN2O3S. The van der Waals surface area contributed by atoms with Gasteiger partial charge in [0, 0.05) is 12.2 Å². The van der Waals surface area contributed by atoms with E-state index in [2.05, 4.69) is 4.72 Å². The van der Waals surface area contributed by atoms with Gasteiger partial charge in [0.1, 0.15) is 16.5 Å². The minimum atomic E-state index is -3.83. The molecule has 0 unspecified atom stereocenters. The predicted molar refractivity (Wildman–Crippen MR) is 78.1 cm³/mol. The predicted octanol–water partition coefficient (Wildman–Crippen LogP) is 2.09. The Bertz CT molecular complexity index is 730. The van der Waals surface area contributed by atoms with Gasteiger partial charge < -0.3 is 10.5 Å². The molecule has 0 aliphatic heterocycles. The molecule has 0 saturated heterocycles. The molecule has 0 aromatic heterocycles. The largest absolute Gasteiger partial charge is 0.495 e. The summed E-state index contributed by atoms with van der Waals surface area (Å²) in [4.78, 5) is -0.00785. The van der Waals surface area contributed by atoms with Crippen LogP contribution in [0.3, 0.4) is 0 Å². The maximum absolute atomic E-state index is 12.8. The van der Waals surface area contributed by atoms with Gasteiger partial charge in [-0.1, -0.05) is 6.07 Å². The zero-order valence-corrected chi connectivity index (χ0v) is 12.2. The number of rotatable bonds is 5. The van der Waals surface area contributed by atoms with Gasteiger partial charge in [-0.3, -0.25) is 4.72 Å². The zero-order chi connectivity index (χ0) is 15.5. The van der Waals surface area contributed by atoms with Crippen molar-refractivity contribution in [1.82, 2.24) is 0 Å². The van der Waals surface area contributed by atoms with Crippen LogP contribution in [-0.2, 0) is 16.6 Å². The molecule has 5 nitrogen and oxygen atoms in total. The molecule has 2 aromatic rings. The highest BCUT2D eigenvalue weighted by Gasteiger charge is 2.19. The molecule has 0 bridgehead atoms. The molecule has 0 saturated carbocycles. The maximum atomic E-state index is 12.8. The van der Waals surface area contributed by atoms with Gasteiger partial charge in [-0.25, -0.2) is 12.8 Å². The van der Waals surface area contributed by atoms with Crippen molar-refractivity contribution in [3.05, 3.63) is 53.8 Å². The van der Waals surface area contributed by atoms with Crippen LogP contribution in [0.2, 0.25) is 0 Å². The van der Waals surface area contributed by atoms with Gasteiger partial charge in [-0.15, -0.1) is 0 Å². The van der Waals surface area contributed by atoms with Crippen molar-refractivity contribution in [1.29, 1.82) is 0 Å². The van der Waals surface area contributed by atoms with Crippen molar-refractivity contribution in [3.8, 4) is 5.75 Å². The Morgan fingerprint density at radius 1 is 1.19 bits per heavy atom. The fourth-order valence-electron chi connectivity index (χ4n) is 1.79. The summed E-state index contributed by atoms with van der Waals surface area (Å²) in [6, 6.07) is 9.63. The minimum Gasteiger partial charge on any atom is -0.495 e. The summed E-state index contributed by atoms with van der Waals surface area (Å²) in [5, 5.41) is 0. The van der Waals surface area contributed by atoms with Crippen molar-refractivity contribution in [3.63, 3.8) is 0 Å². The number of methoxy groups -OCH3 is 1. The summed E-state index contributed by atoms with van der Waals surface area (Å²) in [6.45, 7) is 0.280. The Kier molecular flexibility index (Phi) is 4.44. The molecule has 0 atom stereocenters. The highest BCUT2D eigenvalue weighted by atomic mass is 32.2. The first-order valence-electron chi connectivity index (χ1n) is 6.11. The van der Waals surface area contributed by atoms with Gasteiger partial charge in [-0.2, -0.15) is 0 Å². The lowest BCUT2D eigenvalue weighted by Crippen LogP contribution is -2.14. The van der Waals surface area contributed by atoms with E-state index in [9.17, 15) is 12.8 Å². The smallest absolute Gasteiger partial charge is 0.265 e. The number of anilines is 1. The Morgan fingerprint density at radius 3 is 2.43 bits per heavy atom. The second kappa shape index (κ2) is 6.11. The molecular weight excluding hydrogens is 295 g/mol. The van der Waals surface area contributed by atoms with Crippen LogP contribution in [0.1, 0.15) is 5.56 Å². The summed E-state index contributed by atoms with van der Waals surface area (Å²) in [7, 11) is -2.45. The quantitative estimate of drug-likeness (QED) is 0.886. The van der Waals surface area contributed by atoms with Crippen molar-refractivity contribution < 1.29 is 17.5 Å². The molecule has 0 aliphatic carbocycles. The summed E-state index contributed by atoms with van der Waals surface area (Å²) in [5.74, 6) is -0.240. The first-order valence-corrected chi connectivity index (χ1v) is 7.60. The molecule has 2 rings (SSSR count). The van der Waals surface area contributed by atoms with Gasteiger partial charge in [0.15, 0.2) is 0 Å². The standard InChI is InChI=1S/C14H15FN2O3S/c1-20-13-8-10(9-16)2-7-14(13)21(18,19)17-12-5-3-11(15)4-6-12/h2-8,17H,9,16H2,1H3. The molecule has 0 aliphatic rings. The van der Waals surface area contributed by atoms with E-state index in [-0.39, 0.29) is 22.9 Å². The average molecular weight is 310 g/mol. The molecule has 21 heavy (non-hydrogen) atoms. The van der Waals surface area contributed by atoms with Crippen LogP contribution < -0.4 is 15.2 Å². The van der Waals surface area contributed by atoms with Crippen LogP contribution in [0, 0.1) is 5.82 Å². The maximum Gasteiger partial charge on any atom is 0.265 e. The summed E-state index contributed by atoms with van der Waals surface area (Å²) >= 11 is 0. The zero-order valence-electron chi connectivity index (χ0n) is 11.3. The number of halogens is 1. The highest BCUT2D eigenvalue weighted by molar-refractivity contribution is 7.92. The highest BCUT2D eigenvalue weighted by Crippen LogP contribution is 2.27. The Balaban J connectivity index is 2.37. The van der Waals surface area contributed by atoms with Crippen molar-refractivity contribution >= 4 is 15.7 Å². The van der Waals surface area contributed by atoms with Crippen molar-refractivity contribution in [2.45, 2.75) is 11.4 Å². The minimum absolute atomic E-state index is 0.00785. The Hall–Kier alpha value is -2.12. The van der Waals surface area contributed by atoms with Gasteiger partial charge in [0.05, 0.1) is 7.11 Å². The van der Waals surface area contributed by atoms with Crippen LogP contribution in [0.5, 0.6) is 5.75 Å². The van der Waals surface area contributed by atoms with E-state index in [1.165, 1.54) is 37.4 Å². The number of hydrogen-bond donors (Lipinski definition) is 2. The number of sulfonamides is 1. The van der Waals surface area contributed by atoms with Crippen molar-refractivity contribution in [2.24, 2.45) is 5.73 Å². The number of hydrogen-bond acceptors (Lipinski definition) is 4. The molecule has 3 N–H and O–H groups in total. The van der Waals surface area contributed by atoms with Gasteiger partial charge >= 0.3 is 0 Å². The van der Waals surface area contributed by atoms with Crippen LogP contribution in [0.25, 0.3) is 0 Å². The fraction of sp³-hybridized carbons (Fsp3) is 0.143. The van der Waals surface area contributed by atoms with E-state index in [4.69, 9.17) is 10.5 Å². The van der Waals surface area contributed by atoms with Crippen LogP contribution in [-0.4, -0.2) is 15.5 Å². The van der Waals surface area contributed by atoms with Gasteiger partial charge in [0.25, 0.3) is 10.0 Å². The summed E-state index contributed by atoms with van der Waals surface area (Å²) < 4.78 is 45.0. The molecule has 0 heterocycles. The van der Waals surface area contributed by atoms with Crippen LogP contribution >= 0.6 is 0 Å². The average Bonchev–Trinajstić information content (AvgIpc) is 2.48. The number of nitrogens with one attached hydrogen (secondary N) is 1. The first kappa shape index (κ1) is 15.3. The number of benzene rings is 2. The normalized spacial score (nSPS) is 11.2. The number of ether oxygens (including phenoxy) is 1. The van der Waals surface area contributed by atoms with Crippen molar-refractivity contribution in [2.75, 3.05) is 11.8 Å². The van der Waals surface area contributed by atoms with E-state index < -0.39 is 15.8 Å². The molecule has 0 spiro atoms. The number of nitrogens with two attached hydrogens (primary N) is 1. The van der Waals surface area contributed by atoms with E-state index in [0.29, 0.717) is 0 Å². The van der Waals surface area contributed by atoms with E-state index in [0.717, 1.165) is 5.56 Å². The molecule has 0 amide bonds. The van der Waals surface area contributed by atoms with Crippen LogP contribution in [0.15, 0.2) is 47.4 Å². The second-order valence-electron chi connectivity index (χ2n) is 4.30. The monoisotopic (exact) mass is 310 g/mol. The second-order valence-corrected chi connectivity index (χ2v) is 5.95. The third-order valence-corrected chi connectivity index (χ3v) is 4.27. The fourth-order valence-corrected chi connectivity index (χ4v) is 3.00. The SMILES string of the molecule is COc1cc(CN)ccc1S(=O)(=O)Nc1ccc(F)cc1. The molecule has 0 fully saturated rings. The summed E-state index contributed by atoms with van der Waals surface area (Å²) in [6.07, 6.45) is 0. The molecule has 0 radical (unpaired) electrons. The molecule has 112 valence electrons. The van der Waals surface area contributed by atoms with E-state index in [1.54, 1.807) is 12.1 Å². The molecule has 2 aromatic carbocycles. The third kappa shape index (κ3) is 3.50. The molecule has 7 heteroatoms. The lowest BCUT2D eigenvalue weighted by atomic mass is 10.2. The van der Waals surface area contributed by atoms with E-state index >= 15 is 0 Å². The summed E-state index contributed by atoms with van der Waals surface area (Å²) in [5.41, 5.74) is 6.54. The topological polar surface area (TPSA) is 81.4 Å². The lowest BCUT2D eigenvalue weighted by Gasteiger charge is -2.12. The lowest BCUT2D eigenvalue weighted by molar-refractivity contribution is 0.402. The Labute approximate surface area is 122 Å². The van der Waals surface area contributed by atoms with E-state index in [1.807, 2.05) is 0 Å². The third-order valence-electron chi connectivity index (χ3n) is 2.85. The first-order chi connectivity index (χ1) is 9.96. The Morgan fingerprint density at radius 2 is 1.86 bits per heavy atom. The van der Waals surface area contributed by atoms with Gasteiger partial charge in [0.2, 0.25) is 0 Å².